The first kappa shape index (κ1) is 19.3. The van der Waals surface area contributed by atoms with E-state index >= 15 is 0 Å². The molecule has 3 heterocycles. The zero-order valence-electron chi connectivity index (χ0n) is 12.0. The first-order valence-electron chi connectivity index (χ1n) is 6.74. The quantitative estimate of drug-likeness (QED) is 0.841. The number of morpholine rings is 1. The Kier molecular flexibility index (Phi) is 8.27. The zero-order valence-corrected chi connectivity index (χ0v) is 14.4. The summed E-state index contributed by atoms with van der Waals surface area (Å²) in [7, 11) is 0. The summed E-state index contributed by atoms with van der Waals surface area (Å²) in [5.41, 5.74) is 1.07. The number of carbonyl (C=O) groups excluding carboxylic acids is 1. The third-order valence-corrected chi connectivity index (χ3v) is 4.35. The maximum atomic E-state index is 11.9. The number of thioether (sulfide) groups is 1. The predicted octanol–water partition coefficient (Wildman–Crippen LogP) is 1.36. The molecule has 2 fully saturated rings. The second-order valence-corrected chi connectivity index (χ2v) is 5.79. The third-order valence-electron chi connectivity index (χ3n) is 3.41. The van der Waals surface area contributed by atoms with E-state index in [-0.39, 0.29) is 36.8 Å². The number of aromatic nitrogens is 1. The van der Waals surface area contributed by atoms with E-state index in [1.165, 1.54) is 0 Å². The number of pyridine rings is 1. The summed E-state index contributed by atoms with van der Waals surface area (Å²) in [6, 6.07) is 3.73. The van der Waals surface area contributed by atoms with Crippen molar-refractivity contribution in [2.45, 2.75) is 6.04 Å². The number of halogens is 2. The van der Waals surface area contributed by atoms with E-state index in [2.05, 4.69) is 20.5 Å². The van der Waals surface area contributed by atoms with Crippen molar-refractivity contribution < 1.29 is 9.53 Å². The highest BCUT2D eigenvalue weighted by molar-refractivity contribution is 7.99. The fourth-order valence-corrected chi connectivity index (χ4v) is 3.19. The summed E-state index contributed by atoms with van der Waals surface area (Å²) in [5.74, 6) is 2.24. The van der Waals surface area contributed by atoms with Crippen molar-refractivity contribution in [1.82, 2.24) is 10.3 Å². The van der Waals surface area contributed by atoms with Gasteiger partial charge in [0.25, 0.3) is 0 Å². The van der Waals surface area contributed by atoms with Crippen LogP contribution in [0.15, 0.2) is 18.3 Å². The molecule has 0 bridgehead atoms. The van der Waals surface area contributed by atoms with Gasteiger partial charge in [-0.15, -0.1) is 36.6 Å². The Morgan fingerprint density at radius 2 is 2.14 bits per heavy atom. The minimum atomic E-state index is -0.110. The van der Waals surface area contributed by atoms with Crippen LogP contribution in [0, 0.1) is 0 Å². The highest BCUT2D eigenvalue weighted by atomic mass is 35.5. The number of ether oxygens (including phenoxy) is 1. The Labute approximate surface area is 146 Å². The molecule has 1 unspecified atom stereocenters. The van der Waals surface area contributed by atoms with Crippen molar-refractivity contribution >= 4 is 54.0 Å². The number of rotatable bonds is 3. The lowest BCUT2D eigenvalue weighted by molar-refractivity contribution is -0.117. The van der Waals surface area contributed by atoms with Gasteiger partial charge in [-0.05, 0) is 12.1 Å². The van der Waals surface area contributed by atoms with Crippen molar-refractivity contribution in [3.05, 3.63) is 18.3 Å². The van der Waals surface area contributed by atoms with E-state index in [0.29, 0.717) is 5.82 Å². The number of nitrogens with one attached hydrogen (secondary N) is 2. The van der Waals surface area contributed by atoms with Crippen LogP contribution in [0.4, 0.5) is 11.5 Å². The van der Waals surface area contributed by atoms with Gasteiger partial charge in [-0.2, -0.15) is 0 Å². The van der Waals surface area contributed by atoms with E-state index in [0.717, 1.165) is 43.6 Å². The summed E-state index contributed by atoms with van der Waals surface area (Å²) >= 11 is 1.73. The smallest absolute Gasteiger partial charge is 0.243 e. The minimum absolute atomic E-state index is 0. The number of hydrogen-bond donors (Lipinski definition) is 2. The average Bonchev–Trinajstić information content (AvgIpc) is 3.03. The lowest BCUT2D eigenvalue weighted by atomic mass is 10.3. The highest BCUT2D eigenvalue weighted by Crippen LogP contribution is 2.17. The molecule has 124 valence electrons. The molecular formula is C13H20Cl2N4O2S. The lowest BCUT2D eigenvalue weighted by Crippen LogP contribution is -2.38. The van der Waals surface area contributed by atoms with Crippen molar-refractivity contribution in [3.63, 3.8) is 0 Å². The van der Waals surface area contributed by atoms with E-state index in [9.17, 15) is 4.79 Å². The summed E-state index contributed by atoms with van der Waals surface area (Å²) in [6.45, 7) is 3.28. The Hall–Kier alpha value is -0.730. The summed E-state index contributed by atoms with van der Waals surface area (Å²) < 4.78 is 5.33. The second-order valence-electron chi connectivity index (χ2n) is 4.76. The van der Waals surface area contributed by atoms with E-state index < -0.39 is 0 Å². The van der Waals surface area contributed by atoms with Gasteiger partial charge in [-0.1, -0.05) is 0 Å². The SMILES string of the molecule is Cl.Cl.O=C(Nc1ccc(N2CCOCC2)cn1)C1CSCN1. The van der Waals surface area contributed by atoms with Gasteiger partial charge in [0.15, 0.2) is 0 Å². The molecule has 1 atom stereocenters. The van der Waals surface area contributed by atoms with Crippen LogP contribution in [0.2, 0.25) is 0 Å². The number of carbonyl (C=O) groups is 1. The van der Waals surface area contributed by atoms with Crippen molar-refractivity contribution in [3.8, 4) is 0 Å². The van der Waals surface area contributed by atoms with Gasteiger partial charge in [0.05, 0.1) is 31.1 Å². The van der Waals surface area contributed by atoms with E-state index in [4.69, 9.17) is 4.74 Å². The first-order chi connectivity index (χ1) is 9.83. The van der Waals surface area contributed by atoms with Gasteiger partial charge < -0.3 is 15.0 Å². The van der Waals surface area contributed by atoms with Crippen LogP contribution in [-0.4, -0.2) is 54.9 Å². The number of nitrogens with zero attached hydrogens (tertiary/aromatic N) is 2. The fraction of sp³-hybridized carbons (Fsp3) is 0.538. The first-order valence-corrected chi connectivity index (χ1v) is 7.89. The topological polar surface area (TPSA) is 66.5 Å². The van der Waals surface area contributed by atoms with Crippen molar-refractivity contribution in [1.29, 1.82) is 0 Å². The Balaban J connectivity index is 0.00000121. The molecule has 1 aromatic heterocycles. The van der Waals surface area contributed by atoms with Crippen LogP contribution in [0.3, 0.4) is 0 Å². The van der Waals surface area contributed by atoms with Crippen LogP contribution in [-0.2, 0) is 9.53 Å². The summed E-state index contributed by atoms with van der Waals surface area (Å²) in [5, 5.41) is 5.99. The molecule has 9 heteroatoms. The van der Waals surface area contributed by atoms with Gasteiger partial charge >= 0.3 is 0 Å². The van der Waals surface area contributed by atoms with Crippen molar-refractivity contribution in [2.24, 2.45) is 0 Å². The maximum Gasteiger partial charge on any atom is 0.243 e. The van der Waals surface area contributed by atoms with Crippen LogP contribution in [0.25, 0.3) is 0 Å². The average molecular weight is 367 g/mol. The second kappa shape index (κ2) is 9.42. The Morgan fingerprint density at radius 3 is 2.73 bits per heavy atom. The van der Waals surface area contributed by atoms with E-state index in [1.807, 2.05) is 12.1 Å². The molecule has 0 radical (unpaired) electrons. The molecule has 2 aliphatic rings. The Bertz CT molecular complexity index is 466. The molecule has 0 saturated carbocycles. The maximum absolute atomic E-state index is 11.9. The van der Waals surface area contributed by atoms with Crippen molar-refractivity contribution in [2.75, 3.05) is 48.1 Å². The van der Waals surface area contributed by atoms with Gasteiger partial charge in [-0.3, -0.25) is 10.1 Å². The fourth-order valence-electron chi connectivity index (χ4n) is 2.25. The monoisotopic (exact) mass is 366 g/mol. The Morgan fingerprint density at radius 1 is 1.36 bits per heavy atom. The van der Waals surface area contributed by atoms with Gasteiger partial charge in [-0.25, -0.2) is 4.98 Å². The van der Waals surface area contributed by atoms with Gasteiger partial charge in [0, 0.05) is 24.7 Å². The molecule has 2 saturated heterocycles. The largest absolute Gasteiger partial charge is 0.378 e. The molecule has 2 N–H and O–H groups in total. The number of anilines is 2. The normalized spacial score (nSPS) is 20.7. The molecule has 2 aliphatic heterocycles. The van der Waals surface area contributed by atoms with E-state index in [1.54, 1.807) is 18.0 Å². The van der Waals surface area contributed by atoms with Gasteiger partial charge in [0.1, 0.15) is 5.82 Å². The highest BCUT2D eigenvalue weighted by Gasteiger charge is 2.22. The van der Waals surface area contributed by atoms with Crippen LogP contribution >= 0.6 is 36.6 Å². The lowest BCUT2D eigenvalue weighted by Gasteiger charge is -2.28. The van der Waals surface area contributed by atoms with Crippen LogP contribution < -0.4 is 15.5 Å². The van der Waals surface area contributed by atoms with Crippen LogP contribution in [0.1, 0.15) is 0 Å². The summed E-state index contributed by atoms with van der Waals surface area (Å²) in [4.78, 5) is 18.5. The molecule has 6 nitrogen and oxygen atoms in total. The molecule has 22 heavy (non-hydrogen) atoms. The number of amides is 1. The molecule has 0 spiro atoms. The molecule has 1 amide bonds. The zero-order chi connectivity index (χ0) is 13.8. The predicted molar refractivity (Wildman–Crippen MR) is 94.6 cm³/mol. The molecule has 0 aromatic carbocycles. The molecular weight excluding hydrogens is 347 g/mol. The summed E-state index contributed by atoms with van der Waals surface area (Å²) in [6.07, 6.45) is 1.80. The molecule has 3 rings (SSSR count). The minimum Gasteiger partial charge on any atom is -0.378 e. The van der Waals surface area contributed by atoms with Crippen LogP contribution in [0.5, 0.6) is 0 Å². The number of hydrogen-bond acceptors (Lipinski definition) is 6. The molecule has 0 aliphatic carbocycles. The van der Waals surface area contributed by atoms with Gasteiger partial charge in [0.2, 0.25) is 5.91 Å². The third kappa shape index (κ3) is 4.89. The molecule has 1 aromatic rings. The standard InChI is InChI=1S/C13H18N4O2S.2ClH/c18-13(11-8-20-9-15-11)16-12-2-1-10(7-14-12)17-3-5-19-6-4-17;;/h1-2,7,11,15H,3-6,8-9H2,(H,14,16,18);2*1H.